The molecule has 4 nitrogen and oxygen atoms in total. The standard InChI is InChI=1S/C17H13ClN2O2/c1-22-16-5-3-13(18)9-15(16)17(21)20-14-4-2-11-6-7-19-10-12(11)8-14/h2-10H,1H3,(H,20,21). The van der Waals surface area contributed by atoms with Crippen molar-refractivity contribution in [3.05, 3.63) is 65.4 Å². The normalized spacial score (nSPS) is 10.5. The SMILES string of the molecule is COc1ccc(Cl)cc1C(=O)Nc1ccc2ccncc2c1. The minimum atomic E-state index is -0.275. The molecule has 0 radical (unpaired) electrons. The van der Waals surface area contributed by atoms with E-state index in [1.54, 1.807) is 30.6 Å². The molecular weight excluding hydrogens is 300 g/mol. The molecule has 22 heavy (non-hydrogen) atoms. The number of methoxy groups -OCH3 is 1. The number of benzene rings is 2. The molecule has 2 aromatic carbocycles. The van der Waals surface area contributed by atoms with Crippen molar-refractivity contribution in [2.45, 2.75) is 0 Å². The largest absolute Gasteiger partial charge is 0.496 e. The number of amides is 1. The molecular formula is C17H13ClN2O2. The molecule has 0 saturated carbocycles. The number of carbonyl (C=O) groups excluding carboxylic acids is 1. The van der Waals surface area contributed by atoms with E-state index in [2.05, 4.69) is 10.3 Å². The Morgan fingerprint density at radius 2 is 2.00 bits per heavy atom. The second-order valence-corrected chi connectivity index (χ2v) is 5.17. The number of fused-ring (bicyclic) bond motifs is 1. The van der Waals surface area contributed by atoms with E-state index in [0.29, 0.717) is 22.0 Å². The lowest BCUT2D eigenvalue weighted by Gasteiger charge is -2.10. The van der Waals surface area contributed by atoms with Crippen LogP contribution in [0.5, 0.6) is 5.75 Å². The zero-order chi connectivity index (χ0) is 15.5. The van der Waals surface area contributed by atoms with Gasteiger partial charge in [0.2, 0.25) is 0 Å². The molecule has 0 unspecified atom stereocenters. The first kappa shape index (κ1) is 14.4. The van der Waals surface area contributed by atoms with E-state index >= 15 is 0 Å². The summed E-state index contributed by atoms with van der Waals surface area (Å²) in [5, 5.41) is 5.35. The predicted octanol–water partition coefficient (Wildman–Crippen LogP) is 4.15. The molecule has 5 heteroatoms. The van der Waals surface area contributed by atoms with Crippen LogP contribution in [0.15, 0.2) is 54.9 Å². The maximum atomic E-state index is 12.4. The summed E-state index contributed by atoms with van der Waals surface area (Å²) >= 11 is 5.96. The van der Waals surface area contributed by atoms with Gasteiger partial charge in [0.15, 0.2) is 0 Å². The summed E-state index contributed by atoms with van der Waals surface area (Å²) in [5.41, 5.74) is 1.08. The highest BCUT2D eigenvalue weighted by atomic mass is 35.5. The Hall–Kier alpha value is -2.59. The molecule has 1 heterocycles. The Morgan fingerprint density at radius 1 is 1.14 bits per heavy atom. The van der Waals surface area contributed by atoms with E-state index in [1.165, 1.54) is 7.11 Å². The van der Waals surface area contributed by atoms with Gasteiger partial charge in [0, 0.05) is 28.5 Å². The smallest absolute Gasteiger partial charge is 0.259 e. The maximum absolute atomic E-state index is 12.4. The highest BCUT2D eigenvalue weighted by Crippen LogP contribution is 2.24. The molecule has 0 saturated heterocycles. The molecule has 0 atom stereocenters. The van der Waals surface area contributed by atoms with Crippen LogP contribution in [-0.2, 0) is 0 Å². The van der Waals surface area contributed by atoms with Gasteiger partial charge in [-0.3, -0.25) is 9.78 Å². The fourth-order valence-electron chi connectivity index (χ4n) is 2.22. The number of halogens is 1. The Balaban J connectivity index is 1.91. The van der Waals surface area contributed by atoms with Crippen LogP contribution >= 0.6 is 11.6 Å². The summed E-state index contributed by atoms with van der Waals surface area (Å²) in [4.78, 5) is 16.5. The third-order valence-electron chi connectivity index (χ3n) is 3.30. The number of ether oxygens (including phenoxy) is 1. The average molecular weight is 313 g/mol. The van der Waals surface area contributed by atoms with Crippen molar-refractivity contribution in [2.75, 3.05) is 12.4 Å². The molecule has 110 valence electrons. The highest BCUT2D eigenvalue weighted by molar-refractivity contribution is 6.31. The first-order chi connectivity index (χ1) is 10.7. The molecule has 1 aromatic heterocycles. The number of hydrogen-bond acceptors (Lipinski definition) is 3. The highest BCUT2D eigenvalue weighted by Gasteiger charge is 2.13. The lowest BCUT2D eigenvalue weighted by atomic mass is 10.1. The van der Waals surface area contributed by atoms with Gasteiger partial charge in [-0.25, -0.2) is 0 Å². The minimum Gasteiger partial charge on any atom is -0.496 e. The van der Waals surface area contributed by atoms with Crippen LogP contribution in [0.1, 0.15) is 10.4 Å². The van der Waals surface area contributed by atoms with Crippen LogP contribution in [0.2, 0.25) is 5.02 Å². The van der Waals surface area contributed by atoms with Crippen LogP contribution < -0.4 is 10.1 Å². The van der Waals surface area contributed by atoms with E-state index in [4.69, 9.17) is 16.3 Å². The van der Waals surface area contributed by atoms with Crippen molar-refractivity contribution in [1.29, 1.82) is 0 Å². The Morgan fingerprint density at radius 3 is 2.82 bits per heavy atom. The summed E-state index contributed by atoms with van der Waals surface area (Å²) in [5.74, 6) is 0.201. The van der Waals surface area contributed by atoms with Gasteiger partial charge in [0.25, 0.3) is 5.91 Å². The number of anilines is 1. The molecule has 0 spiro atoms. The molecule has 3 rings (SSSR count). The molecule has 3 aromatic rings. The monoisotopic (exact) mass is 312 g/mol. The van der Waals surface area contributed by atoms with Crippen LogP contribution in [-0.4, -0.2) is 18.0 Å². The third kappa shape index (κ3) is 2.87. The van der Waals surface area contributed by atoms with E-state index in [0.717, 1.165) is 10.8 Å². The summed E-state index contributed by atoms with van der Waals surface area (Å²) in [6.45, 7) is 0. The zero-order valence-electron chi connectivity index (χ0n) is 11.8. The summed E-state index contributed by atoms with van der Waals surface area (Å²) in [7, 11) is 1.52. The zero-order valence-corrected chi connectivity index (χ0v) is 12.6. The van der Waals surface area contributed by atoms with Crippen LogP contribution in [0, 0.1) is 0 Å². The second-order valence-electron chi connectivity index (χ2n) is 4.74. The number of carbonyl (C=O) groups is 1. The van der Waals surface area contributed by atoms with Gasteiger partial charge in [-0.1, -0.05) is 17.7 Å². The Kier molecular flexibility index (Phi) is 3.94. The number of hydrogen-bond donors (Lipinski definition) is 1. The predicted molar refractivity (Wildman–Crippen MR) is 87.7 cm³/mol. The van der Waals surface area contributed by atoms with Gasteiger partial charge >= 0.3 is 0 Å². The number of aromatic nitrogens is 1. The van der Waals surface area contributed by atoms with Crippen molar-refractivity contribution in [2.24, 2.45) is 0 Å². The third-order valence-corrected chi connectivity index (χ3v) is 3.54. The minimum absolute atomic E-state index is 0.275. The fraction of sp³-hybridized carbons (Fsp3) is 0.0588. The summed E-state index contributed by atoms with van der Waals surface area (Å²) < 4.78 is 5.20. The molecule has 1 N–H and O–H groups in total. The number of rotatable bonds is 3. The fourth-order valence-corrected chi connectivity index (χ4v) is 2.39. The van der Waals surface area contributed by atoms with E-state index in [1.807, 2.05) is 24.3 Å². The Labute approximate surface area is 132 Å². The number of pyridine rings is 1. The van der Waals surface area contributed by atoms with E-state index < -0.39 is 0 Å². The van der Waals surface area contributed by atoms with Crippen molar-refractivity contribution < 1.29 is 9.53 Å². The van der Waals surface area contributed by atoms with Gasteiger partial charge in [0.1, 0.15) is 5.75 Å². The molecule has 0 aliphatic heterocycles. The van der Waals surface area contributed by atoms with E-state index in [-0.39, 0.29) is 5.91 Å². The van der Waals surface area contributed by atoms with Crippen molar-refractivity contribution in [1.82, 2.24) is 4.98 Å². The van der Waals surface area contributed by atoms with Gasteiger partial charge in [-0.05, 0) is 41.8 Å². The van der Waals surface area contributed by atoms with Crippen LogP contribution in [0.25, 0.3) is 10.8 Å². The molecule has 0 fully saturated rings. The van der Waals surface area contributed by atoms with Gasteiger partial charge < -0.3 is 10.1 Å². The summed E-state index contributed by atoms with van der Waals surface area (Å²) in [6, 6.07) is 12.5. The van der Waals surface area contributed by atoms with Crippen molar-refractivity contribution in [3.63, 3.8) is 0 Å². The average Bonchev–Trinajstić information content (AvgIpc) is 2.54. The quantitative estimate of drug-likeness (QED) is 0.790. The van der Waals surface area contributed by atoms with Crippen molar-refractivity contribution >= 4 is 34.0 Å². The van der Waals surface area contributed by atoms with Crippen LogP contribution in [0.3, 0.4) is 0 Å². The Bertz CT molecular complexity index is 849. The van der Waals surface area contributed by atoms with Gasteiger partial charge in [-0.15, -0.1) is 0 Å². The maximum Gasteiger partial charge on any atom is 0.259 e. The van der Waals surface area contributed by atoms with Gasteiger partial charge in [0.05, 0.1) is 12.7 Å². The molecule has 1 amide bonds. The van der Waals surface area contributed by atoms with E-state index in [9.17, 15) is 4.79 Å². The lowest BCUT2D eigenvalue weighted by molar-refractivity contribution is 0.102. The molecule has 0 aliphatic rings. The first-order valence-electron chi connectivity index (χ1n) is 6.66. The van der Waals surface area contributed by atoms with Gasteiger partial charge in [-0.2, -0.15) is 0 Å². The number of nitrogens with one attached hydrogen (secondary N) is 1. The first-order valence-corrected chi connectivity index (χ1v) is 7.04. The van der Waals surface area contributed by atoms with Crippen molar-refractivity contribution in [3.8, 4) is 5.75 Å². The molecule has 0 aliphatic carbocycles. The molecule has 0 bridgehead atoms. The number of nitrogens with zero attached hydrogens (tertiary/aromatic N) is 1. The van der Waals surface area contributed by atoms with Crippen LogP contribution in [0.4, 0.5) is 5.69 Å². The topological polar surface area (TPSA) is 51.2 Å². The second kappa shape index (κ2) is 6.03. The lowest BCUT2D eigenvalue weighted by Crippen LogP contribution is -2.13. The summed E-state index contributed by atoms with van der Waals surface area (Å²) in [6.07, 6.45) is 3.49.